The third-order valence-electron chi connectivity index (χ3n) is 3.05. The fourth-order valence-corrected chi connectivity index (χ4v) is 2.16. The Morgan fingerprint density at radius 3 is 1.68 bits per heavy atom. The Kier molecular flexibility index (Phi) is 6.11. The molecule has 1 heterocycles. The summed E-state index contributed by atoms with van der Waals surface area (Å²) in [5, 5.41) is 17.5. The number of likely N-dealkylation sites (tertiary alicyclic amines) is 1. The lowest BCUT2D eigenvalue weighted by atomic mass is 10.1. The van der Waals surface area contributed by atoms with Crippen molar-refractivity contribution in [2.45, 2.75) is 32.1 Å². The fraction of sp³-hybridized carbons (Fsp3) is 0.750. The lowest BCUT2D eigenvalue weighted by Crippen LogP contribution is -2.48. The molecule has 0 aromatic carbocycles. The van der Waals surface area contributed by atoms with Crippen LogP contribution in [0.4, 0.5) is 4.79 Å². The Hall–Kier alpha value is -1.79. The van der Waals surface area contributed by atoms with Gasteiger partial charge in [-0.05, 0) is 12.8 Å². The normalized spacial score (nSPS) is 16.3. The lowest BCUT2D eigenvalue weighted by Gasteiger charge is -2.30. The van der Waals surface area contributed by atoms with E-state index >= 15 is 0 Å². The van der Waals surface area contributed by atoms with Crippen LogP contribution in [0, 0.1) is 0 Å². The van der Waals surface area contributed by atoms with Crippen LogP contribution in [0.25, 0.3) is 0 Å². The smallest absolute Gasteiger partial charge is 0.323 e. The zero-order chi connectivity index (χ0) is 14.3. The van der Waals surface area contributed by atoms with Crippen LogP contribution >= 0.6 is 0 Å². The average Bonchev–Trinajstić information content (AvgIpc) is 2.25. The van der Waals surface area contributed by atoms with Crippen LogP contribution in [0.15, 0.2) is 0 Å². The second kappa shape index (κ2) is 7.60. The number of amides is 2. The van der Waals surface area contributed by atoms with Gasteiger partial charge in [0.05, 0.1) is 0 Å². The summed E-state index contributed by atoms with van der Waals surface area (Å²) in [6.45, 7) is -0.0353. The molecule has 1 aliphatic heterocycles. The lowest BCUT2D eigenvalue weighted by molar-refractivity contribution is -0.140. The molecule has 0 aromatic heterocycles. The topological polar surface area (TPSA) is 98.1 Å². The van der Waals surface area contributed by atoms with Crippen molar-refractivity contribution in [1.29, 1.82) is 0 Å². The fourth-order valence-electron chi connectivity index (χ4n) is 2.16. The summed E-state index contributed by atoms with van der Waals surface area (Å²) < 4.78 is 0. The van der Waals surface area contributed by atoms with Crippen molar-refractivity contribution in [3.63, 3.8) is 0 Å². The summed E-state index contributed by atoms with van der Waals surface area (Å²) in [6.07, 6.45) is 4.98. The van der Waals surface area contributed by atoms with E-state index in [0.29, 0.717) is 13.1 Å². The maximum Gasteiger partial charge on any atom is 0.323 e. The minimum Gasteiger partial charge on any atom is -0.480 e. The number of aliphatic carboxylic acids is 2. The number of hydrogen-bond donors (Lipinski definition) is 2. The van der Waals surface area contributed by atoms with Crippen molar-refractivity contribution < 1.29 is 24.6 Å². The van der Waals surface area contributed by atoms with Gasteiger partial charge in [-0.2, -0.15) is 0 Å². The summed E-state index contributed by atoms with van der Waals surface area (Å²) in [4.78, 5) is 36.0. The highest BCUT2D eigenvalue weighted by molar-refractivity contribution is 5.84. The summed E-state index contributed by atoms with van der Waals surface area (Å²) in [7, 11) is 0. The number of rotatable bonds is 4. The minimum atomic E-state index is -1.21. The predicted octanol–water partition coefficient (Wildman–Crippen LogP) is 0.844. The van der Waals surface area contributed by atoms with E-state index in [-0.39, 0.29) is 0 Å². The molecule has 108 valence electrons. The van der Waals surface area contributed by atoms with Crippen molar-refractivity contribution in [1.82, 2.24) is 9.80 Å². The molecule has 19 heavy (non-hydrogen) atoms. The van der Waals surface area contributed by atoms with Crippen LogP contribution in [0.3, 0.4) is 0 Å². The molecule has 0 aromatic rings. The largest absolute Gasteiger partial charge is 0.480 e. The zero-order valence-electron chi connectivity index (χ0n) is 10.9. The Morgan fingerprint density at radius 2 is 1.26 bits per heavy atom. The number of carbonyl (C=O) groups is 3. The Bertz CT molecular complexity index is 321. The van der Waals surface area contributed by atoms with E-state index in [2.05, 4.69) is 0 Å². The zero-order valence-corrected chi connectivity index (χ0v) is 10.9. The molecule has 0 bridgehead atoms. The van der Waals surface area contributed by atoms with E-state index in [1.807, 2.05) is 0 Å². The first-order chi connectivity index (χ1) is 9.00. The van der Waals surface area contributed by atoms with Crippen molar-refractivity contribution in [3.8, 4) is 0 Å². The molecule has 1 aliphatic rings. The summed E-state index contributed by atoms with van der Waals surface area (Å²) >= 11 is 0. The molecular formula is C12H20N2O5. The quantitative estimate of drug-likeness (QED) is 0.790. The van der Waals surface area contributed by atoms with Crippen LogP contribution < -0.4 is 0 Å². The highest BCUT2D eigenvalue weighted by Crippen LogP contribution is 2.12. The molecule has 0 aliphatic carbocycles. The van der Waals surface area contributed by atoms with Crippen LogP contribution in [0.5, 0.6) is 0 Å². The standard InChI is InChI=1S/C12H20N2O5/c15-10(16)8-14(9-11(17)18)12(19)13-6-4-2-1-3-5-7-13/h1-9H2,(H,15,16)(H,17,18). The van der Waals surface area contributed by atoms with Crippen molar-refractivity contribution in [3.05, 3.63) is 0 Å². The van der Waals surface area contributed by atoms with Crippen LogP contribution in [-0.4, -0.2) is 64.2 Å². The van der Waals surface area contributed by atoms with Gasteiger partial charge in [0.25, 0.3) is 0 Å². The van der Waals surface area contributed by atoms with Gasteiger partial charge in [-0.3, -0.25) is 9.59 Å². The third-order valence-corrected chi connectivity index (χ3v) is 3.05. The number of urea groups is 1. The first-order valence-corrected chi connectivity index (χ1v) is 6.48. The summed E-state index contributed by atoms with van der Waals surface area (Å²) in [5.74, 6) is -2.41. The molecule has 2 N–H and O–H groups in total. The molecule has 1 rings (SSSR count). The Balaban J connectivity index is 2.66. The van der Waals surface area contributed by atoms with Gasteiger partial charge < -0.3 is 20.0 Å². The molecule has 0 radical (unpaired) electrons. The summed E-state index contributed by atoms with van der Waals surface area (Å²) in [6, 6.07) is -0.494. The number of carboxylic acid groups (broad SMARTS) is 2. The molecule has 0 unspecified atom stereocenters. The Labute approximate surface area is 111 Å². The number of carboxylic acids is 2. The minimum absolute atomic E-state index is 0.494. The monoisotopic (exact) mass is 272 g/mol. The van der Waals surface area contributed by atoms with Gasteiger partial charge in [-0.15, -0.1) is 0 Å². The first kappa shape index (κ1) is 15.3. The van der Waals surface area contributed by atoms with Crippen molar-refractivity contribution in [2.75, 3.05) is 26.2 Å². The highest BCUT2D eigenvalue weighted by Gasteiger charge is 2.24. The van der Waals surface area contributed by atoms with Crippen LogP contribution in [-0.2, 0) is 9.59 Å². The van der Waals surface area contributed by atoms with Gasteiger partial charge in [0.1, 0.15) is 13.1 Å². The molecule has 1 saturated heterocycles. The number of hydrogen-bond acceptors (Lipinski definition) is 3. The maximum absolute atomic E-state index is 12.2. The second-order valence-electron chi connectivity index (χ2n) is 4.68. The van der Waals surface area contributed by atoms with E-state index in [0.717, 1.165) is 37.0 Å². The first-order valence-electron chi connectivity index (χ1n) is 6.48. The van der Waals surface area contributed by atoms with E-state index in [9.17, 15) is 14.4 Å². The van der Waals surface area contributed by atoms with Gasteiger partial charge in [-0.1, -0.05) is 19.3 Å². The predicted molar refractivity (Wildman–Crippen MR) is 66.9 cm³/mol. The molecule has 7 nitrogen and oxygen atoms in total. The average molecular weight is 272 g/mol. The van der Waals surface area contributed by atoms with Crippen molar-refractivity contribution in [2.24, 2.45) is 0 Å². The molecule has 0 atom stereocenters. The second-order valence-corrected chi connectivity index (χ2v) is 4.68. The SMILES string of the molecule is O=C(O)CN(CC(=O)O)C(=O)N1CCCCCCC1. The Morgan fingerprint density at radius 1 is 0.842 bits per heavy atom. The van der Waals surface area contributed by atoms with Gasteiger partial charge in [0.2, 0.25) is 0 Å². The number of nitrogens with zero attached hydrogens (tertiary/aromatic N) is 2. The molecule has 1 fully saturated rings. The number of carbonyl (C=O) groups excluding carboxylic acids is 1. The molecular weight excluding hydrogens is 252 g/mol. The molecule has 0 saturated carbocycles. The van der Waals surface area contributed by atoms with Gasteiger partial charge >= 0.3 is 18.0 Å². The van der Waals surface area contributed by atoms with E-state index < -0.39 is 31.1 Å². The van der Waals surface area contributed by atoms with Crippen LogP contribution in [0.2, 0.25) is 0 Å². The van der Waals surface area contributed by atoms with E-state index in [4.69, 9.17) is 10.2 Å². The summed E-state index contributed by atoms with van der Waals surface area (Å²) in [5.41, 5.74) is 0. The highest BCUT2D eigenvalue weighted by atomic mass is 16.4. The van der Waals surface area contributed by atoms with E-state index in [1.165, 1.54) is 0 Å². The van der Waals surface area contributed by atoms with Gasteiger partial charge in [0, 0.05) is 13.1 Å². The third kappa shape index (κ3) is 5.58. The maximum atomic E-state index is 12.2. The van der Waals surface area contributed by atoms with Crippen molar-refractivity contribution >= 4 is 18.0 Å². The molecule has 7 heteroatoms. The van der Waals surface area contributed by atoms with E-state index in [1.54, 1.807) is 4.90 Å². The molecule has 0 spiro atoms. The van der Waals surface area contributed by atoms with Crippen LogP contribution in [0.1, 0.15) is 32.1 Å². The van der Waals surface area contributed by atoms with Gasteiger partial charge in [0.15, 0.2) is 0 Å². The molecule has 2 amide bonds. The van der Waals surface area contributed by atoms with Gasteiger partial charge in [-0.25, -0.2) is 4.79 Å².